The Kier molecular flexibility index (Phi) is 14.4. The maximum Gasteiger partial charge on any atom is 0.0982 e. The van der Waals surface area contributed by atoms with Gasteiger partial charge in [0.25, 0.3) is 0 Å². The zero-order valence-electron chi connectivity index (χ0n) is 15.6. The van der Waals surface area contributed by atoms with E-state index >= 15 is 0 Å². The Hall–Kier alpha value is -0.920. The van der Waals surface area contributed by atoms with Crippen molar-refractivity contribution in [1.82, 2.24) is 0 Å². The first-order valence-electron chi connectivity index (χ1n) is 9.30. The van der Waals surface area contributed by atoms with E-state index in [0.29, 0.717) is 0 Å². The van der Waals surface area contributed by atoms with E-state index < -0.39 is 0 Å². The second-order valence-electron chi connectivity index (χ2n) is 6.07. The minimum absolute atomic E-state index is 0.220. The maximum atomic E-state index is 5.83. The fourth-order valence-electron chi connectivity index (χ4n) is 2.14. The maximum absolute atomic E-state index is 5.83. The van der Waals surface area contributed by atoms with Gasteiger partial charge in [0.05, 0.1) is 25.2 Å². The lowest BCUT2D eigenvalue weighted by Gasteiger charge is -2.13. The van der Waals surface area contributed by atoms with E-state index in [9.17, 15) is 0 Å². The second kappa shape index (κ2) is 15.0. The molecule has 0 aliphatic rings. The van der Waals surface area contributed by atoms with Gasteiger partial charge in [-0.1, -0.05) is 40.5 Å². The Morgan fingerprint density at radius 1 is 0.864 bits per heavy atom. The van der Waals surface area contributed by atoms with Gasteiger partial charge in [-0.25, -0.2) is 0 Å². The monoisotopic (exact) mass is 310 g/mol. The zero-order valence-corrected chi connectivity index (χ0v) is 15.6. The summed E-state index contributed by atoms with van der Waals surface area (Å²) in [6.07, 6.45) is 14.6. The summed E-state index contributed by atoms with van der Waals surface area (Å²) >= 11 is 0. The van der Waals surface area contributed by atoms with Crippen LogP contribution in [-0.2, 0) is 9.47 Å². The Morgan fingerprint density at radius 2 is 1.41 bits per heavy atom. The second-order valence-corrected chi connectivity index (χ2v) is 6.07. The summed E-state index contributed by atoms with van der Waals surface area (Å²) in [5.74, 6) is 0. The lowest BCUT2D eigenvalue weighted by molar-refractivity contribution is 0.116. The third kappa shape index (κ3) is 11.7. The molecule has 22 heavy (non-hydrogen) atoms. The van der Waals surface area contributed by atoms with Crippen LogP contribution in [-0.4, -0.2) is 12.7 Å². The van der Waals surface area contributed by atoms with Gasteiger partial charge < -0.3 is 9.47 Å². The smallest absolute Gasteiger partial charge is 0.0982 e. The molecule has 0 aliphatic carbocycles. The van der Waals surface area contributed by atoms with Crippen LogP contribution in [0.5, 0.6) is 0 Å². The van der Waals surface area contributed by atoms with Crippen LogP contribution in [0.25, 0.3) is 0 Å². The van der Waals surface area contributed by atoms with E-state index in [-0.39, 0.29) is 6.10 Å². The molecule has 0 aliphatic heterocycles. The fraction of sp³-hybridized carbons (Fsp3) is 0.800. The molecule has 0 amide bonds. The molecule has 1 atom stereocenters. The summed E-state index contributed by atoms with van der Waals surface area (Å²) in [5.41, 5.74) is 2.84. The number of rotatable bonds is 14. The molecule has 0 rings (SSSR count). The molecular formula is C20H38O2. The summed E-state index contributed by atoms with van der Waals surface area (Å²) in [6.45, 7) is 11.7. The first-order valence-corrected chi connectivity index (χ1v) is 9.30. The summed E-state index contributed by atoms with van der Waals surface area (Å²) < 4.78 is 11.5. The number of hydrogen-bond acceptors (Lipinski definition) is 2. The SMILES string of the molecule is CCCCC(=COCCC(C)OC=C(CC)CCCC)CC. The van der Waals surface area contributed by atoms with Crippen LogP contribution in [0.4, 0.5) is 0 Å². The van der Waals surface area contributed by atoms with E-state index in [1.165, 1.54) is 43.3 Å². The van der Waals surface area contributed by atoms with Gasteiger partial charge in [0.1, 0.15) is 0 Å². The zero-order chi connectivity index (χ0) is 16.6. The van der Waals surface area contributed by atoms with E-state index in [1.54, 1.807) is 0 Å². The Morgan fingerprint density at radius 3 is 1.91 bits per heavy atom. The van der Waals surface area contributed by atoms with E-state index in [2.05, 4.69) is 34.6 Å². The van der Waals surface area contributed by atoms with Crippen molar-refractivity contribution in [2.75, 3.05) is 6.61 Å². The van der Waals surface area contributed by atoms with Crippen LogP contribution in [0.3, 0.4) is 0 Å². The first kappa shape index (κ1) is 21.1. The van der Waals surface area contributed by atoms with E-state index in [1.807, 2.05) is 12.5 Å². The molecule has 130 valence electrons. The molecule has 0 N–H and O–H groups in total. The van der Waals surface area contributed by atoms with Crippen LogP contribution in [0.15, 0.2) is 23.7 Å². The van der Waals surface area contributed by atoms with Crippen molar-refractivity contribution in [2.24, 2.45) is 0 Å². The predicted octanol–water partition coefficient (Wildman–Crippen LogP) is 6.77. The van der Waals surface area contributed by atoms with Crippen molar-refractivity contribution in [3.63, 3.8) is 0 Å². The van der Waals surface area contributed by atoms with Crippen molar-refractivity contribution < 1.29 is 9.47 Å². The first-order chi connectivity index (χ1) is 10.7. The predicted molar refractivity (Wildman–Crippen MR) is 96.9 cm³/mol. The number of unbranched alkanes of at least 4 members (excludes halogenated alkanes) is 2. The molecule has 0 saturated heterocycles. The van der Waals surface area contributed by atoms with Gasteiger partial charge in [-0.15, -0.1) is 0 Å². The van der Waals surface area contributed by atoms with E-state index in [4.69, 9.17) is 9.47 Å². The lowest BCUT2D eigenvalue weighted by Crippen LogP contribution is -2.08. The highest BCUT2D eigenvalue weighted by Crippen LogP contribution is 2.13. The topological polar surface area (TPSA) is 18.5 Å². The standard InChI is InChI=1S/C20H38O2/c1-6-10-12-19(8-3)16-21-15-14-18(5)22-17-20(9-4)13-11-7-2/h16-18H,6-15H2,1-5H3. The number of ether oxygens (including phenoxy) is 2. The van der Waals surface area contributed by atoms with Crippen molar-refractivity contribution >= 4 is 0 Å². The molecule has 0 heterocycles. The van der Waals surface area contributed by atoms with Crippen molar-refractivity contribution in [2.45, 2.75) is 98.5 Å². The van der Waals surface area contributed by atoms with Gasteiger partial charge in [0.2, 0.25) is 0 Å². The summed E-state index contributed by atoms with van der Waals surface area (Å²) in [7, 11) is 0. The van der Waals surface area contributed by atoms with Crippen LogP contribution >= 0.6 is 0 Å². The van der Waals surface area contributed by atoms with Crippen molar-refractivity contribution in [1.29, 1.82) is 0 Å². The number of allylic oxidation sites excluding steroid dienone is 2. The highest BCUT2D eigenvalue weighted by Gasteiger charge is 2.02. The van der Waals surface area contributed by atoms with Crippen LogP contribution < -0.4 is 0 Å². The largest absolute Gasteiger partial charge is 0.501 e. The molecule has 0 bridgehead atoms. The van der Waals surface area contributed by atoms with Gasteiger partial charge in [-0.05, 0) is 56.6 Å². The molecule has 1 unspecified atom stereocenters. The van der Waals surface area contributed by atoms with Crippen LogP contribution in [0.2, 0.25) is 0 Å². The quantitative estimate of drug-likeness (QED) is 0.260. The third-order valence-electron chi connectivity index (χ3n) is 3.97. The average molecular weight is 311 g/mol. The molecule has 0 radical (unpaired) electrons. The third-order valence-corrected chi connectivity index (χ3v) is 3.97. The summed E-state index contributed by atoms with van der Waals surface area (Å²) in [4.78, 5) is 0. The summed E-state index contributed by atoms with van der Waals surface area (Å²) in [6, 6.07) is 0. The molecule has 0 saturated carbocycles. The molecule has 0 spiro atoms. The van der Waals surface area contributed by atoms with Crippen molar-refractivity contribution in [3.05, 3.63) is 23.7 Å². The van der Waals surface area contributed by atoms with Gasteiger partial charge in [-0.3, -0.25) is 0 Å². The van der Waals surface area contributed by atoms with Crippen LogP contribution in [0.1, 0.15) is 92.4 Å². The van der Waals surface area contributed by atoms with Gasteiger partial charge in [-0.2, -0.15) is 0 Å². The Balaban J connectivity index is 3.94. The molecule has 0 aromatic rings. The molecule has 0 fully saturated rings. The van der Waals surface area contributed by atoms with Gasteiger partial charge in [0, 0.05) is 6.42 Å². The Labute approximate surface area is 139 Å². The number of hydrogen-bond donors (Lipinski definition) is 0. The molecule has 0 aromatic carbocycles. The molecule has 0 aromatic heterocycles. The van der Waals surface area contributed by atoms with Crippen molar-refractivity contribution in [3.8, 4) is 0 Å². The molecular weight excluding hydrogens is 272 g/mol. The lowest BCUT2D eigenvalue weighted by atomic mass is 10.1. The van der Waals surface area contributed by atoms with Gasteiger partial charge in [0.15, 0.2) is 0 Å². The van der Waals surface area contributed by atoms with E-state index in [0.717, 1.165) is 32.3 Å². The molecule has 2 nitrogen and oxygen atoms in total. The minimum Gasteiger partial charge on any atom is -0.501 e. The van der Waals surface area contributed by atoms with Gasteiger partial charge >= 0.3 is 0 Å². The normalized spacial score (nSPS) is 14.0. The highest BCUT2D eigenvalue weighted by atomic mass is 16.5. The minimum atomic E-state index is 0.220. The Bertz CT molecular complexity index is 305. The molecule has 2 heteroatoms. The fourth-order valence-corrected chi connectivity index (χ4v) is 2.14. The summed E-state index contributed by atoms with van der Waals surface area (Å²) in [5, 5.41) is 0. The highest BCUT2D eigenvalue weighted by molar-refractivity contribution is 4.97. The average Bonchev–Trinajstić information content (AvgIpc) is 2.54. The van der Waals surface area contributed by atoms with Crippen LogP contribution in [0, 0.1) is 0 Å².